The van der Waals surface area contributed by atoms with Gasteiger partial charge in [-0.2, -0.15) is 4.68 Å². The van der Waals surface area contributed by atoms with Crippen LogP contribution in [-0.2, 0) is 5.88 Å². The molecule has 0 amide bonds. The molecule has 9 heteroatoms. The Balaban J connectivity index is 1.72. The van der Waals surface area contributed by atoms with Crippen LogP contribution in [0.3, 0.4) is 0 Å². The fourth-order valence-electron chi connectivity index (χ4n) is 1.80. The van der Waals surface area contributed by atoms with Crippen LogP contribution in [0.15, 0.2) is 33.4 Å². The molecule has 0 aliphatic heterocycles. The third-order valence-electron chi connectivity index (χ3n) is 2.87. The van der Waals surface area contributed by atoms with Crippen LogP contribution < -0.4 is 10.9 Å². The van der Waals surface area contributed by atoms with Crippen molar-refractivity contribution in [2.75, 3.05) is 11.9 Å². The van der Waals surface area contributed by atoms with Gasteiger partial charge in [0.2, 0.25) is 5.13 Å². The number of fused-ring (bicyclic) bond motifs is 1. The highest BCUT2D eigenvalue weighted by Crippen LogP contribution is 2.26. The fraction of sp³-hybridized carbons (Fsp3) is 0.308. The first kappa shape index (κ1) is 14.9. The molecular formula is C13H14N6OS2. The molecule has 0 fully saturated rings. The first-order valence-corrected chi connectivity index (χ1v) is 8.61. The van der Waals surface area contributed by atoms with Gasteiger partial charge in [-0.1, -0.05) is 47.4 Å². The maximum Gasteiger partial charge on any atom is 0.278 e. The van der Waals surface area contributed by atoms with Gasteiger partial charge in [0, 0.05) is 6.54 Å². The molecule has 1 N–H and O–H groups in total. The molecule has 7 nitrogen and oxygen atoms in total. The number of anilines is 1. The molecule has 0 bridgehead atoms. The van der Waals surface area contributed by atoms with Gasteiger partial charge in [0.25, 0.3) is 5.56 Å². The summed E-state index contributed by atoms with van der Waals surface area (Å²) in [5.74, 6) is 0.360. The maximum atomic E-state index is 12.3. The zero-order valence-corrected chi connectivity index (χ0v) is 13.5. The van der Waals surface area contributed by atoms with Crippen molar-refractivity contribution in [1.82, 2.24) is 25.2 Å². The van der Waals surface area contributed by atoms with E-state index in [-0.39, 0.29) is 5.56 Å². The van der Waals surface area contributed by atoms with E-state index in [0.717, 1.165) is 22.4 Å². The molecule has 0 radical (unpaired) electrons. The lowest BCUT2D eigenvalue weighted by molar-refractivity contribution is 0.644. The second-order valence-corrected chi connectivity index (χ2v) is 6.65. The van der Waals surface area contributed by atoms with Crippen molar-refractivity contribution in [2.24, 2.45) is 0 Å². The van der Waals surface area contributed by atoms with Crippen molar-refractivity contribution in [1.29, 1.82) is 0 Å². The van der Waals surface area contributed by atoms with Crippen molar-refractivity contribution < 1.29 is 0 Å². The van der Waals surface area contributed by atoms with Crippen molar-refractivity contribution in [2.45, 2.75) is 23.6 Å². The Morgan fingerprint density at radius 1 is 1.27 bits per heavy atom. The summed E-state index contributed by atoms with van der Waals surface area (Å²) in [5.41, 5.74) is 0.461. The van der Waals surface area contributed by atoms with Gasteiger partial charge in [-0.05, 0) is 18.6 Å². The molecule has 0 unspecified atom stereocenters. The molecule has 1 aromatic carbocycles. The predicted octanol–water partition coefficient (Wildman–Crippen LogP) is 2.21. The largest absolute Gasteiger partial charge is 0.360 e. The molecule has 22 heavy (non-hydrogen) atoms. The van der Waals surface area contributed by atoms with Crippen molar-refractivity contribution in [3.05, 3.63) is 34.6 Å². The molecule has 114 valence electrons. The zero-order chi connectivity index (χ0) is 15.4. The normalized spacial score (nSPS) is 11.0. The fourth-order valence-corrected chi connectivity index (χ4v) is 3.43. The van der Waals surface area contributed by atoms with E-state index in [1.165, 1.54) is 27.8 Å². The molecule has 3 aromatic rings. The van der Waals surface area contributed by atoms with Gasteiger partial charge in [0.05, 0.1) is 11.3 Å². The summed E-state index contributed by atoms with van der Waals surface area (Å²) in [6.07, 6.45) is 1.03. The summed E-state index contributed by atoms with van der Waals surface area (Å²) in [7, 11) is 0. The van der Waals surface area contributed by atoms with Crippen LogP contribution in [0.5, 0.6) is 0 Å². The standard InChI is InChI=1S/C13H14N6OS2/c1-2-7-14-12-16-17-13(22-12)21-8-19-11(20)9-5-3-4-6-10(9)15-18-19/h3-6H,2,7-8H2,1H3,(H,14,16). The highest BCUT2D eigenvalue weighted by atomic mass is 32.2. The molecule has 0 saturated heterocycles. The number of thioether (sulfide) groups is 1. The highest BCUT2D eigenvalue weighted by molar-refractivity contribution is 8.00. The van der Waals surface area contributed by atoms with Crippen LogP contribution in [0.1, 0.15) is 13.3 Å². The third kappa shape index (κ3) is 3.25. The molecule has 0 saturated carbocycles. The minimum atomic E-state index is -0.146. The van der Waals surface area contributed by atoms with E-state index in [2.05, 4.69) is 32.7 Å². The van der Waals surface area contributed by atoms with E-state index >= 15 is 0 Å². The Morgan fingerprint density at radius 2 is 2.14 bits per heavy atom. The molecule has 0 spiro atoms. The summed E-state index contributed by atoms with van der Waals surface area (Å²) in [4.78, 5) is 12.3. The zero-order valence-electron chi connectivity index (χ0n) is 11.9. The van der Waals surface area contributed by atoms with Crippen LogP contribution in [-0.4, -0.2) is 31.7 Å². The number of hydrogen-bond donors (Lipinski definition) is 1. The SMILES string of the molecule is CCCNc1nnc(SCn2nnc3ccccc3c2=O)s1. The van der Waals surface area contributed by atoms with Gasteiger partial charge >= 0.3 is 0 Å². The van der Waals surface area contributed by atoms with Gasteiger partial charge in [0.1, 0.15) is 5.52 Å². The van der Waals surface area contributed by atoms with Gasteiger partial charge in [-0.3, -0.25) is 4.79 Å². The van der Waals surface area contributed by atoms with E-state index in [1.807, 2.05) is 12.1 Å². The monoisotopic (exact) mass is 334 g/mol. The minimum Gasteiger partial charge on any atom is -0.360 e. The van der Waals surface area contributed by atoms with Crippen LogP contribution in [0, 0.1) is 0 Å². The van der Waals surface area contributed by atoms with E-state index in [1.54, 1.807) is 12.1 Å². The number of nitrogens with one attached hydrogen (secondary N) is 1. The molecule has 2 aromatic heterocycles. The van der Waals surface area contributed by atoms with Crippen molar-refractivity contribution in [3.8, 4) is 0 Å². The second-order valence-electron chi connectivity index (χ2n) is 4.48. The lowest BCUT2D eigenvalue weighted by atomic mass is 10.2. The first-order valence-electron chi connectivity index (χ1n) is 6.80. The quantitative estimate of drug-likeness (QED) is 0.692. The van der Waals surface area contributed by atoms with E-state index < -0.39 is 0 Å². The summed E-state index contributed by atoms with van der Waals surface area (Å²) in [6.45, 7) is 2.96. The summed E-state index contributed by atoms with van der Waals surface area (Å²) in [5, 5.41) is 20.7. The number of aromatic nitrogens is 5. The number of rotatable bonds is 6. The van der Waals surface area contributed by atoms with Gasteiger partial charge in [0.15, 0.2) is 4.34 Å². The number of benzene rings is 1. The molecule has 0 aliphatic rings. The Labute approximate surface area is 134 Å². The smallest absolute Gasteiger partial charge is 0.278 e. The summed E-state index contributed by atoms with van der Waals surface area (Å²) in [6, 6.07) is 7.18. The second kappa shape index (κ2) is 6.84. The van der Waals surface area contributed by atoms with E-state index in [0.29, 0.717) is 16.8 Å². The highest BCUT2D eigenvalue weighted by Gasteiger charge is 2.08. The Kier molecular flexibility index (Phi) is 4.64. The van der Waals surface area contributed by atoms with Gasteiger partial charge < -0.3 is 5.32 Å². The van der Waals surface area contributed by atoms with Gasteiger partial charge in [-0.15, -0.1) is 15.3 Å². The first-order chi connectivity index (χ1) is 10.8. The van der Waals surface area contributed by atoms with E-state index in [9.17, 15) is 4.79 Å². The third-order valence-corrected chi connectivity index (χ3v) is 4.85. The van der Waals surface area contributed by atoms with Crippen molar-refractivity contribution >= 4 is 39.1 Å². The lowest BCUT2D eigenvalue weighted by Gasteiger charge is -2.02. The summed E-state index contributed by atoms with van der Waals surface area (Å²) < 4.78 is 2.13. The van der Waals surface area contributed by atoms with Crippen LogP contribution in [0.25, 0.3) is 10.9 Å². The molecule has 0 aliphatic carbocycles. The molecule has 2 heterocycles. The average Bonchev–Trinajstić information content (AvgIpc) is 3.00. The molecular weight excluding hydrogens is 320 g/mol. The topological polar surface area (TPSA) is 85.6 Å². The molecule has 3 rings (SSSR count). The van der Waals surface area contributed by atoms with Crippen LogP contribution in [0.4, 0.5) is 5.13 Å². The minimum absolute atomic E-state index is 0.146. The average molecular weight is 334 g/mol. The van der Waals surface area contributed by atoms with E-state index in [4.69, 9.17) is 0 Å². The Bertz CT molecular complexity index is 831. The van der Waals surface area contributed by atoms with Crippen molar-refractivity contribution in [3.63, 3.8) is 0 Å². The maximum absolute atomic E-state index is 12.3. The van der Waals surface area contributed by atoms with Crippen LogP contribution in [0.2, 0.25) is 0 Å². The van der Waals surface area contributed by atoms with Crippen LogP contribution >= 0.6 is 23.1 Å². The number of hydrogen-bond acceptors (Lipinski definition) is 8. The predicted molar refractivity (Wildman–Crippen MR) is 88.3 cm³/mol. The summed E-state index contributed by atoms with van der Waals surface area (Å²) >= 11 is 2.88. The van der Waals surface area contributed by atoms with Gasteiger partial charge in [-0.25, -0.2) is 0 Å². The number of nitrogens with zero attached hydrogens (tertiary/aromatic N) is 5. The Morgan fingerprint density at radius 3 is 3.00 bits per heavy atom. The Hall–Kier alpha value is -2.00. The molecule has 0 atom stereocenters. The lowest BCUT2D eigenvalue weighted by Crippen LogP contribution is -2.23.